The standard InChI is InChI=1S/C14H22N2O2S/c1-11(18-12-6-4-3-5-7-12)10-16-14(17)13(15)8-9-19-2/h3-7,11,13H,8-10,15H2,1-2H3,(H,16,17)/t11?,13-/m0/s1. The van der Waals surface area contributed by atoms with Crippen molar-refractivity contribution in [1.29, 1.82) is 0 Å². The Bertz CT molecular complexity index is 373. The van der Waals surface area contributed by atoms with Crippen LogP contribution < -0.4 is 15.8 Å². The molecule has 0 aliphatic carbocycles. The van der Waals surface area contributed by atoms with E-state index >= 15 is 0 Å². The smallest absolute Gasteiger partial charge is 0.237 e. The third kappa shape index (κ3) is 6.50. The monoisotopic (exact) mass is 282 g/mol. The molecule has 0 heterocycles. The first-order chi connectivity index (χ1) is 9.13. The molecule has 0 saturated heterocycles. The molecule has 1 unspecified atom stereocenters. The number of rotatable bonds is 8. The van der Waals surface area contributed by atoms with Gasteiger partial charge in [0.25, 0.3) is 0 Å². The molecule has 106 valence electrons. The van der Waals surface area contributed by atoms with E-state index in [4.69, 9.17) is 10.5 Å². The average molecular weight is 282 g/mol. The van der Waals surface area contributed by atoms with Gasteiger partial charge in [-0.2, -0.15) is 11.8 Å². The van der Waals surface area contributed by atoms with E-state index in [0.29, 0.717) is 13.0 Å². The maximum absolute atomic E-state index is 11.7. The van der Waals surface area contributed by atoms with Crippen LogP contribution in [0.4, 0.5) is 0 Å². The summed E-state index contributed by atoms with van der Waals surface area (Å²) in [4.78, 5) is 11.7. The van der Waals surface area contributed by atoms with Gasteiger partial charge in [-0.1, -0.05) is 18.2 Å². The molecule has 0 aliphatic heterocycles. The Labute approximate surface area is 119 Å². The molecule has 0 spiro atoms. The Balaban J connectivity index is 2.26. The zero-order chi connectivity index (χ0) is 14.1. The lowest BCUT2D eigenvalue weighted by atomic mass is 10.2. The molecule has 0 radical (unpaired) electrons. The van der Waals surface area contributed by atoms with Crippen molar-refractivity contribution in [2.45, 2.75) is 25.5 Å². The van der Waals surface area contributed by atoms with E-state index in [0.717, 1.165) is 11.5 Å². The summed E-state index contributed by atoms with van der Waals surface area (Å²) in [5.41, 5.74) is 5.78. The van der Waals surface area contributed by atoms with E-state index in [-0.39, 0.29) is 12.0 Å². The van der Waals surface area contributed by atoms with E-state index in [9.17, 15) is 4.79 Å². The number of amides is 1. The SMILES string of the molecule is CSCC[C@H](N)C(=O)NCC(C)Oc1ccccc1. The molecule has 1 rings (SSSR count). The van der Waals surface area contributed by atoms with Gasteiger partial charge in [-0.3, -0.25) is 4.79 Å². The van der Waals surface area contributed by atoms with E-state index in [1.807, 2.05) is 43.5 Å². The molecule has 0 aliphatic rings. The van der Waals surface area contributed by atoms with Crippen LogP contribution in [0.15, 0.2) is 30.3 Å². The third-order valence-corrected chi connectivity index (χ3v) is 3.26. The minimum Gasteiger partial charge on any atom is -0.489 e. The Morgan fingerprint density at radius 2 is 2.11 bits per heavy atom. The maximum atomic E-state index is 11.7. The Hall–Kier alpha value is -1.20. The number of thioether (sulfide) groups is 1. The van der Waals surface area contributed by atoms with Gasteiger partial charge >= 0.3 is 0 Å². The van der Waals surface area contributed by atoms with Gasteiger partial charge in [0, 0.05) is 0 Å². The quantitative estimate of drug-likeness (QED) is 0.761. The van der Waals surface area contributed by atoms with E-state index < -0.39 is 6.04 Å². The van der Waals surface area contributed by atoms with E-state index in [1.165, 1.54) is 0 Å². The molecule has 1 aromatic carbocycles. The molecule has 0 bridgehead atoms. The zero-order valence-corrected chi connectivity index (χ0v) is 12.3. The van der Waals surface area contributed by atoms with Crippen molar-refractivity contribution in [2.24, 2.45) is 5.73 Å². The molecular formula is C14H22N2O2S. The summed E-state index contributed by atoms with van der Waals surface area (Å²) in [6.07, 6.45) is 2.61. The van der Waals surface area contributed by atoms with Crippen molar-refractivity contribution in [2.75, 3.05) is 18.6 Å². The van der Waals surface area contributed by atoms with Gasteiger partial charge in [-0.25, -0.2) is 0 Å². The highest BCUT2D eigenvalue weighted by atomic mass is 32.2. The van der Waals surface area contributed by atoms with E-state index in [1.54, 1.807) is 11.8 Å². The number of carbonyl (C=O) groups excluding carboxylic acids is 1. The van der Waals surface area contributed by atoms with Crippen molar-refractivity contribution in [3.8, 4) is 5.75 Å². The predicted molar refractivity (Wildman–Crippen MR) is 80.5 cm³/mol. The molecule has 4 nitrogen and oxygen atoms in total. The lowest BCUT2D eigenvalue weighted by molar-refractivity contribution is -0.122. The molecule has 2 atom stereocenters. The summed E-state index contributed by atoms with van der Waals surface area (Å²) in [6, 6.07) is 9.11. The van der Waals surface area contributed by atoms with E-state index in [2.05, 4.69) is 5.32 Å². The van der Waals surface area contributed by atoms with Gasteiger partial charge in [-0.15, -0.1) is 0 Å². The summed E-state index contributed by atoms with van der Waals surface area (Å²) >= 11 is 1.69. The summed E-state index contributed by atoms with van der Waals surface area (Å²) in [5, 5.41) is 2.81. The predicted octanol–water partition coefficient (Wildman–Crippen LogP) is 1.65. The van der Waals surface area contributed by atoms with Crippen LogP contribution in [0, 0.1) is 0 Å². The van der Waals surface area contributed by atoms with Crippen LogP contribution in [0.1, 0.15) is 13.3 Å². The van der Waals surface area contributed by atoms with Crippen molar-refractivity contribution < 1.29 is 9.53 Å². The maximum Gasteiger partial charge on any atom is 0.237 e. The van der Waals surface area contributed by atoms with Crippen LogP contribution in [0.3, 0.4) is 0 Å². The van der Waals surface area contributed by atoms with Gasteiger partial charge in [0.1, 0.15) is 11.9 Å². The first kappa shape index (κ1) is 15.9. The van der Waals surface area contributed by atoms with Crippen LogP contribution in [-0.2, 0) is 4.79 Å². The fourth-order valence-electron chi connectivity index (χ4n) is 1.52. The molecule has 0 aromatic heterocycles. The fraction of sp³-hybridized carbons (Fsp3) is 0.500. The average Bonchev–Trinajstić information content (AvgIpc) is 2.43. The molecule has 19 heavy (non-hydrogen) atoms. The molecule has 1 amide bonds. The van der Waals surface area contributed by atoms with Crippen molar-refractivity contribution in [3.05, 3.63) is 30.3 Å². The molecule has 3 N–H and O–H groups in total. The largest absolute Gasteiger partial charge is 0.489 e. The fourth-order valence-corrected chi connectivity index (χ4v) is 2.01. The lowest BCUT2D eigenvalue weighted by Crippen LogP contribution is -2.44. The summed E-state index contributed by atoms with van der Waals surface area (Å²) in [5.74, 6) is 1.58. The van der Waals surface area contributed by atoms with Gasteiger partial charge in [0.05, 0.1) is 12.6 Å². The second kappa shape index (κ2) is 8.82. The van der Waals surface area contributed by atoms with Crippen molar-refractivity contribution >= 4 is 17.7 Å². The Morgan fingerprint density at radius 1 is 1.42 bits per heavy atom. The molecular weight excluding hydrogens is 260 g/mol. The Kier molecular flexibility index (Phi) is 7.36. The van der Waals surface area contributed by atoms with Crippen LogP contribution in [-0.4, -0.2) is 36.6 Å². The summed E-state index contributed by atoms with van der Waals surface area (Å²) < 4.78 is 5.67. The Morgan fingerprint density at radius 3 is 2.74 bits per heavy atom. The highest BCUT2D eigenvalue weighted by Crippen LogP contribution is 2.10. The minimum absolute atomic E-state index is 0.0842. The normalized spacial score (nSPS) is 13.6. The number of carbonyl (C=O) groups is 1. The topological polar surface area (TPSA) is 64.4 Å². The minimum atomic E-state index is -0.434. The molecule has 1 aromatic rings. The number of hydrogen-bond acceptors (Lipinski definition) is 4. The van der Waals surface area contributed by atoms with Gasteiger partial charge in [0.2, 0.25) is 5.91 Å². The first-order valence-corrected chi connectivity index (χ1v) is 7.76. The van der Waals surface area contributed by atoms with Crippen molar-refractivity contribution in [3.63, 3.8) is 0 Å². The summed E-state index contributed by atoms with van der Waals surface area (Å²) in [7, 11) is 0. The number of nitrogens with one attached hydrogen (secondary N) is 1. The van der Waals surface area contributed by atoms with Crippen molar-refractivity contribution in [1.82, 2.24) is 5.32 Å². The second-order valence-electron chi connectivity index (χ2n) is 4.37. The van der Waals surface area contributed by atoms with Crippen LogP contribution in [0.2, 0.25) is 0 Å². The molecule has 0 fully saturated rings. The number of ether oxygens (including phenoxy) is 1. The van der Waals surface area contributed by atoms with Gasteiger partial charge in [-0.05, 0) is 37.5 Å². The van der Waals surface area contributed by atoms with Crippen LogP contribution in [0.25, 0.3) is 0 Å². The number of benzene rings is 1. The third-order valence-electron chi connectivity index (χ3n) is 2.61. The number of nitrogens with two attached hydrogens (primary N) is 1. The lowest BCUT2D eigenvalue weighted by Gasteiger charge is -2.17. The zero-order valence-electron chi connectivity index (χ0n) is 11.5. The van der Waals surface area contributed by atoms with Gasteiger partial charge < -0.3 is 15.8 Å². The molecule has 5 heteroatoms. The highest BCUT2D eigenvalue weighted by molar-refractivity contribution is 7.98. The van der Waals surface area contributed by atoms with Crippen LogP contribution >= 0.6 is 11.8 Å². The second-order valence-corrected chi connectivity index (χ2v) is 5.36. The highest BCUT2D eigenvalue weighted by Gasteiger charge is 2.13. The number of hydrogen-bond donors (Lipinski definition) is 2. The van der Waals surface area contributed by atoms with Crippen LogP contribution in [0.5, 0.6) is 5.75 Å². The number of para-hydroxylation sites is 1. The first-order valence-electron chi connectivity index (χ1n) is 6.37. The summed E-state index contributed by atoms with van der Waals surface area (Å²) in [6.45, 7) is 2.38. The molecule has 0 saturated carbocycles. The van der Waals surface area contributed by atoms with Gasteiger partial charge in [0.15, 0.2) is 0 Å².